The molecule has 0 atom stereocenters. The molecule has 0 unspecified atom stereocenters. The Morgan fingerprint density at radius 3 is 1.63 bits per heavy atom. The average Bonchev–Trinajstić information content (AvgIpc) is 2.09. The van der Waals surface area contributed by atoms with E-state index in [1.165, 1.54) is 0 Å². The molecule has 0 aromatic heterocycles. The minimum absolute atomic E-state index is 0.0988. The summed E-state index contributed by atoms with van der Waals surface area (Å²) in [5.74, 6) is -0.233. The first-order valence-corrected chi connectivity index (χ1v) is 7.06. The molecule has 116 valence electrons. The highest BCUT2D eigenvalue weighted by Crippen LogP contribution is 2.34. The largest absolute Gasteiger partial charge is 0.516 e. The fraction of sp³-hybridized carbons (Fsp3) is 1.00. The second-order valence-corrected chi connectivity index (χ2v) is 6.53. The third-order valence-electron chi connectivity index (χ3n) is 1.84. The molecule has 0 aromatic carbocycles. The molecule has 0 bridgehead atoms. The molecule has 3 nitrogen and oxygen atoms in total. The second kappa shape index (κ2) is 6.86. The van der Waals surface area contributed by atoms with Crippen LogP contribution in [0, 0.1) is 5.92 Å². The van der Waals surface area contributed by atoms with Crippen LogP contribution in [0.4, 0.5) is 30.7 Å². The smallest absolute Gasteiger partial charge is 0.344 e. The second-order valence-electron chi connectivity index (χ2n) is 3.96. The molecular weight excluding hydrogens is 305 g/mol. The van der Waals surface area contributed by atoms with Crippen LogP contribution in [0.5, 0.6) is 0 Å². The summed E-state index contributed by atoms with van der Waals surface area (Å²) in [5, 5.41) is 0. The van der Waals surface area contributed by atoms with E-state index in [-0.39, 0.29) is 12.3 Å². The molecule has 0 amide bonds. The fourth-order valence-corrected chi connectivity index (χ4v) is 3.47. The van der Waals surface area contributed by atoms with Crippen LogP contribution < -0.4 is 0 Å². The Morgan fingerprint density at radius 2 is 1.37 bits per heavy atom. The molecule has 0 radical (unpaired) electrons. The minimum Gasteiger partial charge on any atom is -0.344 e. The van der Waals surface area contributed by atoms with Gasteiger partial charge in [-0.1, -0.05) is 13.8 Å². The average molecular weight is 318 g/mol. The van der Waals surface area contributed by atoms with Gasteiger partial charge in [0.15, 0.2) is 6.86 Å². The van der Waals surface area contributed by atoms with Crippen LogP contribution in [0.25, 0.3) is 0 Å². The van der Waals surface area contributed by atoms with Crippen LogP contribution >= 0.6 is 0 Å². The van der Waals surface area contributed by atoms with Crippen molar-refractivity contribution in [2.45, 2.75) is 39.0 Å². The van der Waals surface area contributed by atoms with Gasteiger partial charge in [-0.3, -0.25) is 8.85 Å². The summed E-state index contributed by atoms with van der Waals surface area (Å²) in [6.45, 7) is 1.27. The Bertz CT molecular complexity index is 250. The fourth-order valence-electron chi connectivity index (χ4n) is 1.16. The summed E-state index contributed by atoms with van der Waals surface area (Å²) in [4.78, 5) is 0. The highest BCUT2D eigenvalue weighted by atomic mass is 28.4. The SMILES string of the molecule is CC(C)CC[Si](OCF)(OC(F)(F)F)OC(F)(F)F. The molecular formula is C8H13F7O3Si. The Kier molecular flexibility index (Phi) is 6.72. The maximum atomic E-state index is 12.1. The summed E-state index contributed by atoms with van der Waals surface area (Å²) in [6.07, 6.45) is -10.9. The standard InChI is InChI=1S/C8H13F7O3Si/c1-6(2)3-4-19(16-5-9,17-7(10,11)12)18-8(13,14)15/h6H,3-5H2,1-2H3. The van der Waals surface area contributed by atoms with E-state index in [1.807, 2.05) is 0 Å². The molecule has 0 spiro atoms. The van der Waals surface area contributed by atoms with E-state index in [0.717, 1.165) is 0 Å². The van der Waals surface area contributed by atoms with Crippen molar-refractivity contribution in [3.05, 3.63) is 0 Å². The normalized spacial score (nSPS) is 14.2. The third kappa shape index (κ3) is 9.19. The van der Waals surface area contributed by atoms with Gasteiger partial charge in [-0.05, 0) is 12.3 Å². The molecule has 0 aliphatic heterocycles. The summed E-state index contributed by atoms with van der Waals surface area (Å²) in [6, 6.07) is -0.798. The van der Waals surface area contributed by atoms with Gasteiger partial charge in [-0.2, -0.15) is 0 Å². The Morgan fingerprint density at radius 1 is 0.947 bits per heavy atom. The lowest BCUT2D eigenvalue weighted by Gasteiger charge is -2.30. The lowest BCUT2D eigenvalue weighted by molar-refractivity contribution is -0.336. The first-order chi connectivity index (χ1) is 8.39. The predicted molar refractivity (Wildman–Crippen MR) is 51.4 cm³/mol. The van der Waals surface area contributed by atoms with Gasteiger partial charge in [0.25, 0.3) is 0 Å². The molecule has 0 N–H and O–H groups in total. The molecule has 0 aliphatic rings. The summed E-state index contributed by atoms with van der Waals surface area (Å²) in [5.41, 5.74) is 0. The molecule has 0 aromatic rings. The van der Waals surface area contributed by atoms with Crippen molar-refractivity contribution in [1.29, 1.82) is 0 Å². The molecule has 19 heavy (non-hydrogen) atoms. The van der Waals surface area contributed by atoms with E-state index >= 15 is 0 Å². The van der Waals surface area contributed by atoms with Crippen molar-refractivity contribution >= 4 is 8.80 Å². The van der Waals surface area contributed by atoms with Gasteiger partial charge in [0, 0.05) is 6.04 Å². The van der Waals surface area contributed by atoms with Crippen LogP contribution in [0.15, 0.2) is 0 Å². The quantitative estimate of drug-likeness (QED) is 0.525. The van der Waals surface area contributed by atoms with Gasteiger partial charge < -0.3 is 4.43 Å². The number of hydrogen-bond acceptors (Lipinski definition) is 3. The van der Waals surface area contributed by atoms with Crippen molar-refractivity contribution in [3.63, 3.8) is 0 Å². The lowest BCUT2D eigenvalue weighted by atomic mass is 10.2. The van der Waals surface area contributed by atoms with Gasteiger partial charge >= 0.3 is 21.5 Å². The first kappa shape index (κ1) is 18.6. The monoisotopic (exact) mass is 318 g/mol. The molecule has 11 heteroatoms. The van der Waals surface area contributed by atoms with E-state index in [2.05, 4.69) is 13.3 Å². The highest BCUT2D eigenvalue weighted by molar-refractivity contribution is 6.60. The topological polar surface area (TPSA) is 27.7 Å². The summed E-state index contributed by atoms with van der Waals surface area (Å²) in [7, 11) is -5.25. The number of hydrogen-bond donors (Lipinski definition) is 0. The minimum atomic E-state index is -5.41. The van der Waals surface area contributed by atoms with Crippen molar-refractivity contribution < 1.29 is 44.0 Å². The van der Waals surface area contributed by atoms with Crippen LogP contribution in [0.2, 0.25) is 6.04 Å². The maximum absolute atomic E-state index is 12.1. The van der Waals surface area contributed by atoms with E-state index < -0.39 is 34.4 Å². The van der Waals surface area contributed by atoms with E-state index in [0.29, 0.717) is 0 Å². The van der Waals surface area contributed by atoms with E-state index in [1.54, 1.807) is 13.8 Å². The molecule has 0 fully saturated rings. The summed E-state index contributed by atoms with van der Waals surface area (Å²) < 4.78 is 95.5. The van der Waals surface area contributed by atoms with Crippen LogP contribution in [-0.2, 0) is 13.3 Å². The number of rotatable bonds is 7. The molecule has 0 saturated heterocycles. The number of alkyl halides is 7. The van der Waals surface area contributed by atoms with Crippen LogP contribution in [0.1, 0.15) is 20.3 Å². The summed E-state index contributed by atoms with van der Waals surface area (Å²) >= 11 is 0. The van der Waals surface area contributed by atoms with Crippen LogP contribution in [0.3, 0.4) is 0 Å². The Hall–Kier alpha value is -0.393. The first-order valence-electron chi connectivity index (χ1n) is 5.13. The zero-order valence-corrected chi connectivity index (χ0v) is 11.1. The van der Waals surface area contributed by atoms with Gasteiger partial charge in [-0.25, -0.2) is 4.39 Å². The molecule has 0 rings (SSSR count). The maximum Gasteiger partial charge on any atom is 0.516 e. The highest BCUT2D eigenvalue weighted by Gasteiger charge is 2.56. The van der Waals surface area contributed by atoms with E-state index in [9.17, 15) is 30.7 Å². The van der Waals surface area contributed by atoms with Gasteiger partial charge in [0.1, 0.15) is 0 Å². The van der Waals surface area contributed by atoms with Gasteiger partial charge in [0.05, 0.1) is 0 Å². The van der Waals surface area contributed by atoms with Crippen LogP contribution in [-0.4, -0.2) is 28.4 Å². The van der Waals surface area contributed by atoms with Gasteiger partial charge in [0.2, 0.25) is 0 Å². The van der Waals surface area contributed by atoms with Gasteiger partial charge in [-0.15, -0.1) is 26.3 Å². The Balaban J connectivity index is 5.09. The molecule has 0 aliphatic carbocycles. The number of halogens is 7. The van der Waals surface area contributed by atoms with E-state index in [4.69, 9.17) is 0 Å². The molecule has 0 heterocycles. The third-order valence-corrected chi connectivity index (χ3v) is 4.38. The zero-order chi connectivity index (χ0) is 15.3. The van der Waals surface area contributed by atoms with Crippen molar-refractivity contribution in [3.8, 4) is 0 Å². The lowest BCUT2D eigenvalue weighted by Crippen LogP contribution is -2.52. The van der Waals surface area contributed by atoms with Crippen molar-refractivity contribution in [2.75, 3.05) is 6.86 Å². The van der Waals surface area contributed by atoms with Crippen molar-refractivity contribution in [1.82, 2.24) is 0 Å². The zero-order valence-electron chi connectivity index (χ0n) is 10.1. The van der Waals surface area contributed by atoms with Crippen molar-refractivity contribution in [2.24, 2.45) is 5.92 Å². The molecule has 0 saturated carbocycles. The predicted octanol–water partition coefficient (Wildman–Crippen LogP) is 3.99. The Labute approximate surface area is 106 Å².